The van der Waals surface area contributed by atoms with Gasteiger partial charge in [-0.05, 0) is 43.2 Å². The van der Waals surface area contributed by atoms with Crippen LogP contribution in [0.3, 0.4) is 0 Å². The van der Waals surface area contributed by atoms with Gasteiger partial charge in [0.05, 0.1) is 17.3 Å². The molecule has 0 atom stereocenters. The average Bonchev–Trinajstić information content (AvgIpc) is 3.14. The summed E-state index contributed by atoms with van der Waals surface area (Å²) in [6.07, 6.45) is 4.23. The number of carbonyl (C=O) groups excluding carboxylic acids is 1. The summed E-state index contributed by atoms with van der Waals surface area (Å²) in [6.45, 7) is 2.96. The minimum Gasteiger partial charge on any atom is -0.331 e. The van der Waals surface area contributed by atoms with E-state index in [9.17, 15) is 4.79 Å². The fourth-order valence-corrected chi connectivity index (χ4v) is 3.44. The van der Waals surface area contributed by atoms with E-state index in [1.807, 2.05) is 43.3 Å². The smallest absolute Gasteiger partial charge is 0.274 e. The normalized spacial score (nSPS) is 11.0. The molecule has 0 saturated heterocycles. The fourth-order valence-electron chi connectivity index (χ4n) is 3.27. The van der Waals surface area contributed by atoms with Crippen LogP contribution in [0.1, 0.15) is 27.4 Å². The van der Waals surface area contributed by atoms with Gasteiger partial charge in [-0.3, -0.25) is 9.78 Å². The van der Waals surface area contributed by atoms with Crippen LogP contribution >= 0.6 is 11.6 Å². The summed E-state index contributed by atoms with van der Waals surface area (Å²) in [4.78, 5) is 24.1. The van der Waals surface area contributed by atoms with Crippen LogP contribution in [-0.4, -0.2) is 31.7 Å². The van der Waals surface area contributed by atoms with Gasteiger partial charge in [-0.1, -0.05) is 48.0 Å². The van der Waals surface area contributed by atoms with Crippen LogP contribution in [0.15, 0.2) is 73.1 Å². The Morgan fingerprint density at radius 2 is 1.83 bits per heavy atom. The Kier molecular flexibility index (Phi) is 5.58. The summed E-state index contributed by atoms with van der Waals surface area (Å²) in [5.74, 6) is -0.121. The molecule has 1 amide bonds. The maximum absolute atomic E-state index is 13.3. The quantitative estimate of drug-likeness (QED) is 0.472. The van der Waals surface area contributed by atoms with E-state index >= 15 is 0 Å². The molecular formula is C23H21ClN4O. The predicted molar refractivity (Wildman–Crippen MR) is 114 cm³/mol. The molecule has 0 bridgehead atoms. The van der Waals surface area contributed by atoms with Gasteiger partial charge in [0, 0.05) is 24.6 Å². The summed E-state index contributed by atoms with van der Waals surface area (Å²) < 4.78 is 1.77. The van der Waals surface area contributed by atoms with Crippen molar-refractivity contribution in [1.29, 1.82) is 0 Å². The lowest BCUT2D eigenvalue weighted by atomic mass is 10.1. The lowest BCUT2D eigenvalue weighted by molar-refractivity contribution is 0.0737. The molecule has 0 unspecified atom stereocenters. The maximum Gasteiger partial charge on any atom is 0.274 e. The van der Waals surface area contributed by atoms with Gasteiger partial charge in [0.1, 0.15) is 11.3 Å². The molecule has 0 saturated carbocycles. The van der Waals surface area contributed by atoms with Gasteiger partial charge in [0.15, 0.2) is 0 Å². The van der Waals surface area contributed by atoms with Crippen LogP contribution < -0.4 is 0 Å². The molecule has 0 aliphatic rings. The number of hydrogen-bond donors (Lipinski definition) is 0. The number of pyridine rings is 2. The molecule has 4 rings (SSSR count). The predicted octanol–water partition coefficient (Wildman–Crippen LogP) is 4.58. The van der Waals surface area contributed by atoms with E-state index < -0.39 is 0 Å². The molecule has 146 valence electrons. The van der Waals surface area contributed by atoms with Gasteiger partial charge < -0.3 is 9.30 Å². The molecule has 0 spiro atoms. The first-order chi connectivity index (χ1) is 14.1. The first-order valence-corrected chi connectivity index (χ1v) is 9.86. The number of fused-ring (bicyclic) bond motifs is 1. The number of halogens is 1. The summed E-state index contributed by atoms with van der Waals surface area (Å²) >= 11 is 6.06. The first kappa shape index (κ1) is 19.2. The summed E-state index contributed by atoms with van der Waals surface area (Å²) in [5.41, 5.74) is 4.06. The van der Waals surface area contributed by atoms with Crippen molar-refractivity contribution in [3.63, 3.8) is 0 Å². The summed E-state index contributed by atoms with van der Waals surface area (Å²) in [5, 5.41) is 0.596. The van der Waals surface area contributed by atoms with Crippen molar-refractivity contribution in [2.75, 3.05) is 6.54 Å². The summed E-state index contributed by atoms with van der Waals surface area (Å²) in [6, 6.07) is 19.6. The highest BCUT2D eigenvalue weighted by atomic mass is 35.5. The lowest BCUT2D eigenvalue weighted by Gasteiger charge is -2.22. The van der Waals surface area contributed by atoms with Gasteiger partial charge in [-0.15, -0.1) is 0 Å². The average molecular weight is 405 g/mol. The molecule has 29 heavy (non-hydrogen) atoms. The minimum absolute atomic E-state index is 0.121. The number of imidazole rings is 1. The van der Waals surface area contributed by atoms with E-state index in [0.717, 1.165) is 17.8 Å². The molecule has 0 radical (unpaired) electrons. The second kappa shape index (κ2) is 8.45. The second-order valence-electron chi connectivity index (χ2n) is 6.97. The van der Waals surface area contributed by atoms with E-state index in [1.54, 1.807) is 33.8 Å². The zero-order valence-electron chi connectivity index (χ0n) is 16.1. The number of aryl methyl sites for hydroxylation is 1. The van der Waals surface area contributed by atoms with Crippen molar-refractivity contribution in [3.8, 4) is 0 Å². The number of amides is 1. The third kappa shape index (κ3) is 4.63. The number of hydrogen-bond acceptors (Lipinski definition) is 3. The SMILES string of the molecule is Cc1cccc(CN(CCc2ccccc2)C(=O)c2cn3cc(Cl)ccc3n2)n1. The Bertz CT molecular complexity index is 1140. The topological polar surface area (TPSA) is 50.5 Å². The van der Waals surface area contributed by atoms with E-state index in [4.69, 9.17) is 11.6 Å². The van der Waals surface area contributed by atoms with Gasteiger partial charge in [-0.2, -0.15) is 0 Å². The van der Waals surface area contributed by atoms with Gasteiger partial charge in [0.2, 0.25) is 0 Å². The zero-order chi connectivity index (χ0) is 20.2. The highest BCUT2D eigenvalue weighted by Gasteiger charge is 2.20. The number of aromatic nitrogens is 3. The highest BCUT2D eigenvalue weighted by Crippen LogP contribution is 2.15. The molecule has 0 aliphatic heterocycles. The molecule has 4 aromatic rings. The van der Waals surface area contributed by atoms with Gasteiger partial charge in [-0.25, -0.2) is 4.98 Å². The monoisotopic (exact) mass is 404 g/mol. The lowest BCUT2D eigenvalue weighted by Crippen LogP contribution is -2.33. The Morgan fingerprint density at radius 1 is 1.00 bits per heavy atom. The maximum atomic E-state index is 13.3. The molecule has 0 N–H and O–H groups in total. The van der Waals surface area contributed by atoms with E-state index in [0.29, 0.717) is 29.5 Å². The number of benzene rings is 1. The third-order valence-electron chi connectivity index (χ3n) is 4.73. The molecule has 5 nitrogen and oxygen atoms in total. The van der Waals surface area contributed by atoms with E-state index in [1.165, 1.54) is 5.56 Å². The fraction of sp³-hybridized carbons (Fsp3) is 0.174. The van der Waals surface area contributed by atoms with Crippen molar-refractivity contribution in [2.24, 2.45) is 0 Å². The Hall–Kier alpha value is -3.18. The minimum atomic E-state index is -0.121. The zero-order valence-corrected chi connectivity index (χ0v) is 16.9. The van der Waals surface area contributed by atoms with Crippen LogP contribution in [0.5, 0.6) is 0 Å². The number of nitrogens with zero attached hydrogens (tertiary/aromatic N) is 4. The molecule has 6 heteroatoms. The molecular weight excluding hydrogens is 384 g/mol. The van der Waals surface area contributed by atoms with Crippen molar-refractivity contribution in [2.45, 2.75) is 19.9 Å². The van der Waals surface area contributed by atoms with Crippen molar-refractivity contribution in [3.05, 3.63) is 101 Å². The first-order valence-electron chi connectivity index (χ1n) is 9.48. The third-order valence-corrected chi connectivity index (χ3v) is 4.96. The van der Waals surface area contributed by atoms with Crippen LogP contribution in [-0.2, 0) is 13.0 Å². The Balaban J connectivity index is 1.60. The summed E-state index contributed by atoms with van der Waals surface area (Å²) in [7, 11) is 0. The van der Waals surface area contributed by atoms with Crippen molar-refractivity contribution >= 4 is 23.2 Å². The Morgan fingerprint density at radius 3 is 2.62 bits per heavy atom. The van der Waals surface area contributed by atoms with Crippen molar-refractivity contribution in [1.82, 2.24) is 19.3 Å². The number of rotatable bonds is 6. The largest absolute Gasteiger partial charge is 0.331 e. The van der Waals surface area contributed by atoms with Gasteiger partial charge >= 0.3 is 0 Å². The van der Waals surface area contributed by atoms with Crippen LogP contribution in [0.2, 0.25) is 5.02 Å². The molecule has 0 fully saturated rings. The van der Waals surface area contributed by atoms with Crippen molar-refractivity contribution < 1.29 is 4.79 Å². The second-order valence-corrected chi connectivity index (χ2v) is 7.41. The van der Waals surface area contributed by atoms with E-state index in [2.05, 4.69) is 22.1 Å². The molecule has 1 aromatic carbocycles. The van der Waals surface area contributed by atoms with Crippen LogP contribution in [0, 0.1) is 6.92 Å². The molecule has 0 aliphatic carbocycles. The molecule has 3 heterocycles. The van der Waals surface area contributed by atoms with Gasteiger partial charge in [0.25, 0.3) is 5.91 Å². The van der Waals surface area contributed by atoms with Crippen LogP contribution in [0.25, 0.3) is 5.65 Å². The number of carbonyl (C=O) groups is 1. The highest BCUT2D eigenvalue weighted by molar-refractivity contribution is 6.30. The van der Waals surface area contributed by atoms with E-state index in [-0.39, 0.29) is 5.91 Å². The van der Waals surface area contributed by atoms with Crippen LogP contribution in [0.4, 0.5) is 0 Å². The molecule has 3 aromatic heterocycles. The standard InChI is InChI=1S/C23H21ClN4O/c1-17-6-5-9-20(25-17)15-27(13-12-18-7-3-2-4-8-18)23(29)21-16-28-14-19(24)10-11-22(28)26-21/h2-11,14,16H,12-13,15H2,1H3. The Labute approximate surface area is 174 Å².